The Labute approximate surface area is 130 Å². The summed E-state index contributed by atoms with van der Waals surface area (Å²) in [5.74, 6) is -0.384. The van der Waals surface area contributed by atoms with Crippen LogP contribution in [0.4, 0.5) is 0 Å². The Morgan fingerprint density at radius 1 is 1.09 bits per heavy atom. The molecule has 22 heavy (non-hydrogen) atoms. The van der Waals surface area contributed by atoms with Crippen molar-refractivity contribution in [1.82, 2.24) is 0 Å². The maximum absolute atomic E-state index is 12.9. The Bertz CT molecular complexity index is 771. The average Bonchev–Trinajstić information content (AvgIpc) is 3.16. The van der Waals surface area contributed by atoms with E-state index >= 15 is 0 Å². The lowest BCUT2D eigenvalue weighted by molar-refractivity contribution is 0.253. The number of aliphatic hydroxyl groups is 1. The largest absolute Gasteiger partial charge is 0.394 e. The Balaban J connectivity index is 2.01. The second-order valence-corrected chi connectivity index (χ2v) is 8.01. The Kier molecular flexibility index (Phi) is 3.59. The molecule has 0 bridgehead atoms. The Morgan fingerprint density at radius 3 is 2.23 bits per heavy atom. The molecule has 0 spiro atoms. The standard InChI is InChI=1S/C17H19NO3S/c1-12-7-9-14(10-8-12)22(20,21)16-15(17(16,18)11-19)13-5-3-2-4-6-13/h2-10,15-16,19H,11,18H2,1H3/t15-,16+,17+/m0/s1. The van der Waals surface area contributed by atoms with E-state index in [2.05, 4.69) is 0 Å². The fourth-order valence-electron chi connectivity index (χ4n) is 3.10. The molecule has 0 amide bonds. The Hall–Kier alpha value is -1.69. The Morgan fingerprint density at radius 2 is 1.68 bits per heavy atom. The summed E-state index contributed by atoms with van der Waals surface area (Å²) in [6.45, 7) is 1.55. The van der Waals surface area contributed by atoms with Gasteiger partial charge in [-0.15, -0.1) is 0 Å². The van der Waals surface area contributed by atoms with Crippen LogP contribution in [-0.2, 0) is 9.84 Å². The predicted octanol–water partition coefficient (Wildman–Crippen LogP) is 1.62. The molecule has 5 heteroatoms. The monoisotopic (exact) mass is 317 g/mol. The van der Waals surface area contributed by atoms with Crippen LogP contribution in [0.15, 0.2) is 59.5 Å². The number of hydrogen-bond donors (Lipinski definition) is 2. The van der Waals surface area contributed by atoms with E-state index in [1.54, 1.807) is 24.3 Å². The van der Waals surface area contributed by atoms with Gasteiger partial charge in [0.15, 0.2) is 9.84 Å². The van der Waals surface area contributed by atoms with Crippen LogP contribution in [-0.4, -0.2) is 30.9 Å². The molecular weight excluding hydrogens is 298 g/mol. The first-order valence-corrected chi connectivity index (χ1v) is 8.71. The SMILES string of the molecule is Cc1ccc(S(=O)(=O)[C@@H]2[C@H](c3ccccc3)[C@]2(N)CO)cc1. The van der Waals surface area contributed by atoms with E-state index in [1.165, 1.54) is 0 Å². The van der Waals surface area contributed by atoms with E-state index in [-0.39, 0.29) is 17.4 Å². The van der Waals surface area contributed by atoms with Crippen LogP contribution in [0.25, 0.3) is 0 Å². The third-order valence-electron chi connectivity index (χ3n) is 4.42. The van der Waals surface area contributed by atoms with Crippen molar-refractivity contribution in [3.63, 3.8) is 0 Å². The molecule has 0 saturated heterocycles. The van der Waals surface area contributed by atoms with Gasteiger partial charge in [0.25, 0.3) is 0 Å². The third kappa shape index (κ3) is 2.26. The molecule has 2 aromatic rings. The molecule has 4 nitrogen and oxygen atoms in total. The summed E-state index contributed by atoms with van der Waals surface area (Å²) in [5.41, 5.74) is 6.91. The molecule has 3 atom stereocenters. The molecule has 0 radical (unpaired) electrons. The van der Waals surface area contributed by atoms with E-state index < -0.39 is 20.6 Å². The molecule has 3 N–H and O–H groups in total. The molecule has 3 rings (SSSR count). The van der Waals surface area contributed by atoms with Crippen molar-refractivity contribution in [3.8, 4) is 0 Å². The van der Waals surface area contributed by atoms with Crippen LogP contribution < -0.4 is 5.73 Å². The first kappa shape index (κ1) is 15.2. The molecule has 1 aliphatic carbocycles. The van der Waals surface area contributed by atoms with Gasteiger partial charge in [-0.25, -0.2) is 8.42 Å². The van der Waals surface area contributed by atoms with Crippen molar-refractivity contribution in [2.75, 3.05) is 6.61 Å². The predicted molar refractivity (Wildman–Crippen MR) is 85.3 cm³/mol. The number of sulfone groups is 1. The molecule has 0 heterocycles. The number of nitrogens with two attached hydrogens (primary N) is 1. The highest BCUT2D eigenvalue weighted by molar-refractivity contribution is 7.92. The van der Waals surface area contributed by atoms with Crippen molar-refractivity contribution >= 4 is 9.84 Å². The number of aliphatic hydroxyl groups excluding tert-OH is 1. The minimum atomic E-state index is -3.58. The lowest BCUT2D eigenvalue weighted by atomic mass is 10.1. The zero-order valence-electron chi connectivity index (χ0n) is 12.3. The normalized spacial score (nSPS) is 27.6. The summed E-state index contributed by atoms with van der Waals surface area (Å²) >= 11 is 0. The fourth-order valence-corrected chi connectivity index (χ4v) is 5.40. The highest BCUT2D eigenvalue weighted by Gasteiger charge is 2.68. The fraction of sp³-hybridized carbons (Fsp3) is 0.294. The molecule has 1 aliphatic rings. The van der Waals surface area contributed by atoms with Gasteiger partial charge in [-0.3, -0.25) is 0 Å². The smallest absolute Gasteiger partial charge is 0.183 e. The van der Waals surface area contributed by atoms with Crippen molar-refractivity contribution in [2.45, 2.75) is 28.5 Å². The lowest BCUT2D eigenvalue weighted by Gasteiger charge is -2.08. The quantitative estimate of drug-likeness (QED) is 0.898. The third-order valence-corrected chi connectivity index (χ3v) is 6.73. The summed E-state index contributed by atoms with van der Waals surface area (Å²) in [6.07, 6.45) is 0. The summed E-state index contributed by atoms with van der Waals surface area (Å²) in [6, 6.07) is 16.0. The molecule has 0 aromatic heterocycles. The number of aryl methyl sites for hydroxylation is 1. The van der Waals surface area contributed by atoms with Crippen LogP contribution >= 0.6 is 0 Å². The maximum atomic E-state index is 12.9. The molecule has 2 aromatic carbocycles. The highest BCUT2D eigenvalue weighted by atomic mass is 32.2. The molecular formula is C17H19NO3S. The molecule has 1 fully saturated rings. The van der Waals surface area contributed by atoms with Crippen LogP contribution in [0, 0.1) is 6.92 Å². The summed E-state index contributed by atoms with van der Waals surface area (Å²) in [5, 5.41) is 8.84. The first-order valence-electron chi connectivity index (χ1n) is 7.16. The van der Waals surface area contributed by atoms with Gasteiger partial charge in [0.2, 0.25) is 0 Å². The highest BCUT2D eigenvalue weighted by Crippen LogP contribution is 2.55. The number of benzene rings is 2. The number of rotatable bonds is 4. The summed E-state index contributed by atoms with van der Waals surface area (Å²) in [7, 11) is -3.58. The minimum absolute atomic E-state index is 0.254. The molecule has 1 saturated carbocycles. The zero-order chi connectivity index (χ0) is 16.0. The van der Waals surface area contributed by atoms with Gasteiger partial charge in [-0.1, -0.05) is 48.0 Å². The first-order chi connectivity index (χ1) is 10.4. The van der Waals surface area contributed by atoms with Gasteiger partial charge in [0.05, 0.1) is 22.3 Å². The second-order valence-electron chi connectivity index (χ2n) is 5.94. The van der Waals surface area contributed by atoms with E-state index in [9.17, 15) is 13.5 Å². The topological polar surface area (TPSA) is 80.4 Å². The van der Waals surface area contributed by atoms with Crippen molar-refractivity contribution in [1.29, 1.82) is 0 Å². The molecule has 0 unspecified atom stereocenters. The maximum Gasteiger partial charge on any atom is 0.183 e. The van der Waals surface area contributed by atoms with Gasteiger partial charge in [-0.2, -0.15) is 0 Å². The van der Waals surface area contributed by atoms with Crippen LogP contribution in [0.3, 0.4) is 0 Å². The van der Waals surface area contributed by atoms with Gasteiger partial charge >= 0.3 is 0 Å². The van der Waals surface area contributed by atoms with E-state index in [0.29, 0.717) is 0 Å². The lowest BCUT2D eigenvalue weighted by Crippen LogP contribution is -2.35. The van der Waals surface area contributed by atoms with E-state index in [4.69, 9.17) is 5.73 Å². The van der Waals surface area contributed by atoms with Gasteiger partial charge in [0, 0.05) is 5.92 Å². The van der Waals surface area contributed by atoms with E-state index in [1.807, 2.05) is 37.3 Å². The van der Waals surface area contributed by atoms with E-state index in [0.717, 1.165) is 11.1 Å². The van der Waals surface area contributed by atoms with Crippen LogP contribution in [0.2, 0.25) is 0 Å². The van der Waals surface area contributed by atoms with Gasteiger partial charge in [-0.05, 0) is 24.6 Å². The van der Waals surface area contributed by atoms with Crippen molar-refractivity contribution in [3.05, 3.63) is 65.7 Å². The van der Waals surface area contributed by atoms with Crippen LogP contribution in [0.1, 0.15) is 17.0 Å². The summed E-state index contributed by atoms with van der Waals surface area (Å²) in [4.78, 5) is 0.254. The minimum Gasteiger partial charge on any atom is -0.394 e. The number of hydrogen-bond acceptors (Lipinski definition) is 4. The molecule has 116 valence electrons. The average molecular weight is 317 g/mol. The van der Waals surface area contributed by atoms with Crippen molar-refractivity contribution in [2.24, 2.45) is 5.73 Å². The molecule has 0 aliphatic heterocycles. The van der Waals surface area contributed by atoms with Gasteiger partial charge < -0.3 is 10.8 Å². The van der Waals surface area contributed by atoms with Crippen LogP contribution in [0.5, 0.6) is 0 Å². The van der Waals surface area contributed by atoms with Crippen molar-refractivity contribution < 1.29 is 13.5 Å². The second kappa shape index (κ2) is 5.19. The van der Waals surface area contributed by atoms with Gasteiger partial charge in [0.1, 0.15) is 0 Å². The zero-order valence-corrected chi connectivity index (χ0v) is 13.1. The summed E-state index contributed by atoms with van der Waals surface area (Å²) < 4.78 is 25.7.